The number of nitrogens with two attached hydrogens (primary N) is 2. The van der Waals surface area contributed by atoms with E-state index in [1.54, 1.807) is 6.20 Å². The number of nitrogens with zero attached hydrogens (tertiary/aromatic N) is 8. The quantitative estimate of drug-likeness (QED) is 0.0968. The number of aliphatic carboxylic acids is 2. The van der Waals surface area contributed by atoms with E-state index in [1.165, 1.54) is 0 Å². The highest BCUT2D eigenvalue weighted by Crippen LogP contribution is 2.53. The van der Waals surface area contributed by atoms with E-state index in [4.69, 9.17) is 53.9 Å². The van der Waals surface area contributed by atoms with Crippen LogP contribution in [0, 0.1) is 11.8 Å². The predicted molar refractivity (Wildman–Crippen MR) is 120 cm³/mol. The second-order valence-electron chi connectivity index (χ2n) is 7.73. The van der Waals surface area contributed by atoms with Crippen molar-refractivity contribution in [3.05, 3.63) is 32.8 Å². The minimum atomic E-state index is -5.08. The smallest absolute Gasteiger partial charge is 0.475 e. The van der Waals surface area contributed by atoms with Crippen LogP contribution >= 0.6 is 11.6 Å². The van der Waals surface area contributed by atoms with E-state index in [1.807, 2.05) is 0 Å². The molecule has 0 unspecified atom stereocenters. The molecule has 16 nitrogen and oxygen atoms in total. The number of hydrogen-bond donors (Lipinski definition) is 6. The third kappa shape index (κ3) is 8.35. The van der Waals surface area contributed by atoms with Crippen molar-refractivity contribution in [2.75, 3.05) is 25.4 Å². The summed E-state index contributed by atoms with van der Waals surface area (Å²) in [4.78, 5) is 34.8. The second kappa shape index (κ2) is 13.0. The Labute approximate surface area is 217 Å². The van der Waals surface area contributed by atoms with Crippen molar-refractivity contribution in [3.8, 4) is 0 Å². The van der Waals surface area contributed by atoms with Crippen LogP contribution in [0.5, 0.6) is 0 Å². The topological polar surface area (TPSA) is 277 Å². The molecule has 0 amide bonds. The number of carboxylic acids is 2. The number of H-pyrrole nitrogens is 1. The Kier molecular flexibility index (Phi) is 10.9. The molecule has 1 aliphatic heterocycles. The van der Waals surface area contributed by atoms with Crippen LogP contribution in [-0.2, 0) is 9.59 Å². The van der Waals surface area contributed by atoms with Gasteiger partial charge in [-0.2, -0.15) is 26.3 Å². The van der Waals surface area contributed by atoms with Gasteiger partial charge in [0.1, 0.15) is 0 Å². The lowest BCUT2D eigenvalue weighted by atomic mass is 9.80. The first-order valence-corrected chi connectivity index (χ1v) is 10.5. The number of rotatable bonds is 5. The Morgan fingerprint density at radius 3 is 1.87 bits per heavy atom. The van der Waals surface area contributed by atoms with Gasteiger partial charge in [-0.05, 0) is 22.9 Å². The molecule has 216 valence electrons. The molecule has 2 heterocycles. The highest BCUT2D eigenvalue weighted by molar-refractivity contribution is 6.22. The number of hydrogen-bond acceptors (Lipinski definition) is 9. The highest BCUT2D eigenvalue weighted by atomic mass is 35.5. The van der Waals surface area contributed by atoms with Gasteiger partial charge in [-0.1, -0.05) is 10.2 Å². The monoisotopic (exact) mass is 592 g/mol. The lowest BCUT2D eigenvalue weighted by molar-refractivity contribution is -0.193. The molecule has 0 bridgehead atoms. The van der Waals surface area contributed by atoms with E-state index in [9.17, 15) is 26.3 Å². The van der Waals surface area contributed by atoms with E-state index in [0.717, 1.165) is 5.69 Å². The van der Waals surface area contributed by atoms with E-state index in [2.05, 4.69) is 40.3 Å². The number of aliphatic imine (C=N–C) groups is 1. The number of carboxylic acid groups (broad SMARTS) is 2. The normalized spacial score (nSPS) is 25.5. The van der Waals surface area contributed by atoms with E-state index < -0.39 is 35.2 Å². The zero-order valence-electron chi connectivity index (χ0n) is 19.1. The van der Waals surface area contributed by atoms with Gasteiger partial charge in [-0.15, -0.1) is 11.6 Å². The summed E-state index contributed by atoms with van der Waals surface area (Å²) in [6.45, 7) is 0.689. The minimum Gasteiger partial charge on any atom is -0.475 e. The first-order valence-electron chi connectivity index (χ1n) is 10.1. The van der Waals surface area contributed by atoms with Crippen LogP contribution in [0.3, 0.4) is 0 Å². The van der Waals surface area contributed by atoms with Gasteiger partial charge in [0.2, 0.25) is 0 Å². The molecule has 0 aromatic carbocycles. The number of carbonyl (C=O) groups is 2. The molecular weight excluding hydrogens is 574 g/mol. The number of guanidine groups is 1. The Bertz CT molecular complexity index is 1140. The average Bonchev–Trinajstić information content (AvgIpc) is 3.48. The van der Waals surface area contributed by atoms with Crippen LogP contribution in [0.4, 0.5) is 32.3 Å². The lowest BCUT2D eigenvalue weighted by Crippen LogP contribution is -2.56. The van der Waals surface area contributed by atoms with Gasteiger partial charge in [0.25, 0.3) is 0 Å². The van der Waals surface area contributed by atoms with Crippen molar-refractivity contribution in [2.24, 2.45) is 32.8 Å². The molecular formula is C16H19ClF6N12O4. The largest absolute Gasteiger partial charge is 0.490 e. The fourth-order valence-corrected chi connectivity index (χ4v) is 4.54. The maximum atomic E-state index is 10.6. The summed E-state index contributed by atoms with van der Waals surface area (Å²) < 4.78 is 63.5. The summed E-state index contributed by atoms with van der Waals surface area (Å²) in [5.74, 6) is -5.67. The summed E-state index contributed by atoms with van der Waals surface area (Å²) in [5, 5.41) is 24.4. The predicted octanol–water partition coefficient (Wildman–Crippen LogP) is 2.47. The van der Waals surface area contributed by atoms with Gasteiger partial charge in [0, 0.05) is 34.5 Å². The van der Waals surface area contributed by atoms with Gasteiger partial charge < -0.3 is 32.0 Å². The molecule has 2 aliphatic rings. The van der Waals surface area contributed by atoms with Crippen LogP contribution in [-0.4, -0.2) is 81.0 Å². The number of aromatic nitrogens is 2. The zero-order valence-corrected chi connectivity index (χ0v) is 19.9. The Hall–Kier alpha value is -4.29. The number of halogens is 7. The molecule has 1 spiro atoms. The first-order chi connectivity index (χ1) is 17.9. The SMILES string of the molecule is O=C(O)C(F)(F)F.O=C(O)C(F)(F)F.[N-]=[N+]=NC[C@@H]1[C@@H](CN=[N+]=[N-])[C@H](c2cnc(N)[nH]2)[C@@]2(CN=C(N)N2)[C@H]1Cl. The van der Waals surface area contributed by atoms with Crippen molar-refractivity contribution in [1.29, 1.82) is 0 Å². The summed E-state index contributed by atoms with van der Waals surface area (Å²) in [6, 6.07) is 0. The summed E-state index contributed by atoms with van der Waals surface area (Å²) in [5.41, 5.74) is 29.1. The number of imidazole rings is 1. The molecule has 5 atom stereocenters. The molecule has 8 N–H and O–H groups in total. The zero-order chi connectivity index (χ0) is 30.2. The van der Waals surface area contributed by atoms with Gasteiger partial charge in [0.15, 0.2) is 11.9 Å². The maximum Gasteiger partial charge on any atom is 0.490 e. The van der Waals surface area contributed by atoms with Gasteiger partial charge >= 0.3 is 24.3 Å². The van der Waals surface area contributed by atoms with Crippen molar-refractivity contribution in [1.82, 2.24) is 15.3 Å². The Morgan fingerprint density at radius 1 is 1.08 bits per heavy atom. The maximum absolute atomic E-state index is 10.6. The average molecular weight is 593 g/mol. The third-order valence-electron chi connectivity index (χ3n) is 5.42. The minimum absolute atomic E-state index is 0.166. The Morgan fingerprint density at radius 2 is 1.54 bits per heavy atom. The second-order valence-corrected chi connectivity index (χ2v) is 8.20. The molecule has 1 aromatic rings. The molecule has 1 saturated carbocycles. The molecule has 0 radical (unpaired) electrons. The van der Waals surface area contributed by atoms with Crippen molar-refractivity contribution in [3.63, 3.8) is 0 Å². The van der Waals surface area contributed by atoms with Gasteiger partial charge in [-0.3, -0.25) is 4.99 Å². The summed E-state index contributed by atoms with van der Waals surface area (Å²) in [7, 11) is 0. The summed E-state index contributed by atoms with van der Waals surface area (Å²) in [6.07, 6.45) is -8.54. The molecule has 23 heteroatoms. The molecule has 3 rings (SSSR count). The van der Waals surface area contributed by atoms with Gasteiger partial charge in [0.05, 0.1) is 23.7 Å². The van der Waals surface area contributed by atoms with E-state index in [-0.39, 0.29) is 42.8 Å². The molecule has 0 saturated heterocycles. The number of nitrogens with one attached hydrogen (secondary N) is 2. The summed E-state index contributed by atoms with van der Waals surface area (Å²) >= 11 is 6.79. The molecule has 39 heavy (non-hydrogen) atoms. The van der Waals surface area contributed by atoms with Crippen LogP contribution < -0.4 is 16.8 Å². The van der Waals surface area contributed by atoms with Crippen molar-refractivity contribution >= 4 is 35.4 Å². The van der Waals surface area contributed by atoms with Crippen molar-refractivity contribution in [2.45, 2.75) is 29.2 Å². The van der Waals surface area contributed by atoms with Gasteiger partial charge in [-0.25, -0.2) is 14.6 Å². The fourth-order valence-electron chi connectivity index (χ4n) is 4.01. The number of azide groups is 2. The highest BCUT2D eigenvalue weighted by Gasteiger charge is 2.61. The standard InChI is InChI=1S/C12H17ClN12.2C2HF3O2/c13-9-6(2-21-25-17)5(1-20-24-16)8(7-3-18-10(14)22-7)12(9)4-19-11(15)23-12;2*3-2(4,5)1(6)7/h3,5-6,8-9H,1-2,4H2,(H3,14,18,22)(H3,15,19,23);2*(H,6,7)/t5-,6-,8-,9+,12+;;/m1../s1. The van der Waals surface area contributed by atoms with Crippen LogP contribution in [0.1, 0.15) is 11.6 Å². The molecule has 1 fully saturated rings. The number of alkyl halides is 7. The Balaban J connectivity index is 0.000000449. The lowest BCUT2D eigenvalue weighted by Gasteiger charge is -2.34. The molecule has 1 aromatic heterocycles. The van der Waals surface area contributed by atoms with E-state index in [0.29, 0.717) is 6.54 Å². The van der Waals surface area contributed by atoms with E-state index >= 15 is 0 Å². The number of nitrogen functional groups attached to an aromatic ring is 1. The van der Waals surface area contributed by atoms with Crippen molar-refractivity contribution < 1.29 is 46.1 Å². The van der Waals surface area contributed by atoms with Crippen LogP contribution in [0.2, 0.25) is 0 Å². The fraction of sp³-hybridized carbons (Fsp3) is 0.625. The first kappa shape index (κ1) is 32.7. The van der Waals surface area contributed by atoms with Crippen LogP contribution in [0.15, 0.2) is 21.4 Å². The van der Waals surface area contributed by atoms with Crippen LogP contribution in [0.25, 0.3) is 20.9 Å². The molecule has 1 aliphatic carbocycles. The number of anilines is 1. The third-order valence-corrected chi connectivity index (χ3v) is 6.13. The number of aromatic amines is 1.